The number of unbranched alkanes of at least 4 members (excludes halogenated alkanes) is 1. The summed E-state index contributed by atoms with van der Waals surface area (Å²) in [5.74, 6) is -0.798. The molecule has 0 aliphatic rings. The van der Waals surface area contributed by atoms with E-state index in [0.29, 0.717) is 46.1 Å². The maximum atomic E-state index is 13.1. The zero-order valence-corrected chi connectivity index (χ0v) is 27.0. The number of hydrogen-bond donors (Lipinski definition) is 0. The Bertz CT molecular complexity index is 1750. The molecular formula is C39H39NO7. The fourth-order valence-electron chi connectivity index (χ4n) is 5.12. The molecule has 0 saturated carbocycles. The number of carbonyl (C=O) groups excluding carboxylic acids is 3. The zero-order valence-electron chi connectivity index (χ0n) is 27.0. The number of methoxy groups -OCH3 is 1. The van der Waals surface area contributed by atoms with Gasteiger partial charge in [0.2, 0.25) is 0 Å². The average molecular weight is 634 g/mol. The minimum Gasteiger partial charge on any atom is -0.497 e. The summed E-state index contributed by atoms with van der Waals surface area (Å²) in [4.78, 5) is 38.5. The molecule has 0 N–H and O–H groups in total. The molecule has 0 aliphatic carbocycles. The van der Waals surface area contributed by atoms with Gasteiger partial charge in [0.05, 0.1) is 24.8 Å². The van der Waals surface area contributed by atoms with Gasteiger partial charge in [-0.25, -0.2) is 14.4 Å². The predicted molar refractivity (Wildman–Crippen MR) is 180 cm³/mol. The van der Waals surface area contributed by atoms with Gasteiger partial charge in [-0.15, -0.1) is 0 Å². The van der Waals surface area contributed by atoms with Crippen molar-refractivity contribution in [1.82, 2.24) is 0 Å². The summed E-state index contributed by atoms with van der Waals surface area (Å²) in [5, 5.41) is 11.5. The Labute approximate surface area is 275 Å². The lowest BCUT2D eigenvalue weighted by atomic mass is 9.93. The van der Waals surface area contributed by atoms with Crippen molar-refractivity contribution in [2.24, 2.45) is 5.92 Å². The van der Waals surface area contributed by atoms with Gasteiger partial charge in [-0.05, 0) is 70.6 Å². The van der Waals surface area contributed by atoms with Crippen LogP contribution in [0.15, 0.2) is 96.6 Å². The molecule has 0 fully saturated rings. The van der Waals surface area contributed by atoms with Crippen molar-refractivity contribution in [2.75, 3.05) is 26.9 Å². The summed E-state index contributed by atoms with van der Waals surface area (Å²) in [7, 11) is 1.56. The van der Waals surface area contributed by atoms with Gasteiger partial charge in [0.25, 0.3) is 0 Å². The van der Waals surface area contributed by atoms with E-state index in [4.69, 9.17) is 18.9 Å². The van der Waals surface area contributed by atoms with E-state index < -0.39 is 11.9 Å². The van der Waals surface area contributed by atoms with Crippen molar-refractivity contribution in [1.29, 1.82) is 5.26 Å². The van der Waals surface area contributed by atoms with Crippen LogP contribution >= 0.6 is 0 Å². The first-order valence-electron chi connectivity index (χ1n) is 15.8. The summed E-state index contributed by atoms with van der Waals surface area (Å²) in [6, 6.07) is 28.3. The van der Waals surface area contributed by atoms with Crippen molar-refractivity contribution < 1.29 is 33.3 Å². The summed E-state index contributed by atoms with van der Waals surface area (Å²) < 4.78 is 21.5. The number of carbonyl (C=O) groups is 3. The lowest BCUT2D eigenvalue weighted by Gasteiger charge is -2.14. The number of hydrogen-bond acceptors (Lipinski definition) is 8. The van der Waals surface area contributed by atoms with Gasteiger partial charge in [0.15, 0.2) is 0 Å². The lowest BCUT2D eigenvalue weighted by molar-refractivity contribution is -0.139. The van der Waals surface area contributed by atoms with Gasteiger partial charge in [-0.3, -0.25) is 0 Å². The number of esters is 3. The Balaban J connectivity index is 1.36. The second-order valence-corrected chi connectivity index (χ2v) is 11.0. The molecule has 0 bridgehead atoms. The molecule has 1 unspecified atom stereocenters. The maximum absolute atomic E-state index is 13.1. The third-order valence-electron chi connectivity index (χ3n) is 7.86. The number of nitriles is 1. The number of nitrogens with zero attached hydrogens (tertiary/aromatic N) is 1. The highest BCUT2D eigenvalue weighted by Gasteiger charge is 2.21. The Hall–Kier alpha value is -5.42. The highest BCUT2D eigenvalue weighted by molar-refractivity contribution is 6.05. The number of ether oxygens (including phenoxy) is 4. The van der Waals surface area contributed by atoms with Crippen LogP contribution < -0.4 is 4.74 Å². The van der Waals surface area contributed by atoms with E-state index in [0.717, 1.165) is 36.5 Å². The molecular weight excluding hydrogens is 594 g/mol. The summed E-state index contributed by atoms with van der Waals surface area (Å²) in [6.45, 7) is 4.21. The smallest absolute Gasteiger partial charge is 0.349 e. The quantitative estimate of drug-likeness (QED) is 0.0426. The van der Waals surface area contributed by atoms with E-state index >= 15 is 0 Å². The van der Waals surface area contributed by atoms with E-state index in [9.17, 15) is 19.6 Å². The first-order chi connectivity index (χ1) is 22.9. The van der Waals surface area contributed by atoms with Crippen molar-refractivity contribution in [2.45, 2.75) is 39.5 Å². The summed E-state index contributed by atoms with van der Waals surface area (Å²) in [6.07, 6.45) is 4.23. The largest absolute Gasteiger partial charge is 0.497 e. The van der Waals surface area contributed by atoms with Gasteiger partial charge in [0, 0.05) is 5.57 Å². The Morgan fingerprint density at radius 1 is 0.723 bits per heavy atom. The molecule has 0 aliphatic heterocycles. The molecule has 4 aromatic rings. The molecule has 8 heteroatoms. The van der Waals surface area contributed by atoms with Gasteiger partial charge >= 0.3 is 17.9 Å². The highest BCUT2D eigenvalue weighted by Crippen LogP contribution is 2.29. The third kappa shape index (κ3) is 9.30. The second-order valence-electron chi connectivity index (χ2n) is 11.0. The van der Waals surface area contributed by atoms with Crippen molar-refractivity contribution >= 4 is 34.3 Å². The molecule has 4 aromatic carbocycles. The Kier molecular flexibility index (Phi) is 12.7. The van der Waals surface area contributed by atoms with Crippen LogP contribution in [0.25, 0.3) is 16.3 Å². The van der Waals surface area contributed by atoms with Gasteiger partial charge in [0.1, 0.15) is 30.6 Å². The first-order valence-corrected chi connectivity index (χ1v) is 15.8. The van der Waals surface area contributed by atoms with Gasteiger partial charge in [-0.2, -0.15) is 5.26 Å². The monoisotopic (exact) mass is 633 g/mol. The molecule has 0 heterocycles. The van der Waals surface area contributed by atoms with Gasteiger partial charge in [-0.1, -0.05) is 87.7 Å². The van der Waals surface area contributed by atoms with Crippen LogP contribution in [0.3, 0.4) is 0 Å². The summed E-state index contributed by atoms with van der Waals surface area (Å²) in [5.41, 5.74) is 2.32. The van der Waals surface area contributed by atoms with Crippen LogP contribution in [0.1, 0.15) is 71.4 Å². The van der Waals surface area contributed by atoms with E-state index in [1.54, 1.807) is 79.9 Å². The fraction of sp³-hybridized carbons (Fsp3) is 0.282. The molecule has 0 saturated heterocycles. The van der Waals surface area contributed by atoms with Gasteiger partial charge < -0.3 is 18.9 Å². The van der Waals surface area contributed by atoms with E-state index in [1.807, 2.05) is 24.3 Å². The predicted octanol–water partition coefficient (Wildman–Crippen LogP) is 7.95. The standard InChI is InChI=1S/C39H39NO7/c1-4-6-10-27(5-2)26-47-38(42)33-16-14-30-23-32(15-13-31(30)24-33)37(41)45-21-22-46-39(43)35(25-40)36(28-11-8-7-9-12-28)29-17-19-34(44-3)20-18-29/h7-9,11-20,23-24,27H,4-6,10,21-22,26H2,1-3H3. The van der Waals surface area contributed by atoms with Crippen LogP contribution in [-0.4, -0.2) is 44.8 Å². The molecule has 47 heavy (non-hydrogen) atoms. The molecule has 0 radical (unpaired) electrons. The normalized spacial score (nSPS) is 12.0. The van der Waals surface area contributed by atoms with Crippen molar-refractivity contribution in [3.63, 3.8) is 0 Å². The molecule has 1 atom stereocenters. The van der Waals surface area contributed by atoms with E-state index in [-0.39, 0.29) is 24.8 Å². The SMILES string of the molecule is CCCCC(CC)COC(=O)c1ccc2cc(C(=O)OCCOC(=O)C(C#N)=C(c3ccccc3)c3ccc(OC)cc3)ccc2c1. The molecule has 8 nitrogen and oxygen atoms in total. The van der Waals surface area contributed by atoms with E-state index in [1.165, 1.54) is 0 Å². The minimum atomic E-state index is -0.829. The van der Waals surface area contributed by atoms with Crippen molar-refractivity contribution in [3.05, 3.63) is 119 Å². The van der Waals surface area contributed by atoms with Crippen molar-refractivity contribution in [3.8, 4) is 11.8 Å². The maximum Gasteiger partial charge on any atom is 0.349 e. The van der Waals surface area contributed by atoms with Crippen LogP contribution in [0.2, 0.25) is 0 Å². The number of benzene rings is 4. The molecule has 0 amide bonds. The molecule has 242 valence electrons. The Morgan fingerprint density at radius 3 is 1.87 bits per heavy atom. The fourth-order valence-corrected chi connectivity index (χ4v) is 5.12. The Morgan fingerprint density at radius 2 is 1.30 bits per heavy atom. The third-order valence-corrected chi connectivity index (χ3v) is 7.86. The van der Waals surface area contributed by atoms with Crippen LogP contribution in [0.5, 0.6) is 5.75 Å². The second kappa shape index (κ2) is 17.3. The van der Waals surface area contributed by atoms with Crippen LogP contribution in [0.4, 0.5) is 0 Å². The topological polar surface area (TPSA) is 112 Å². The average Bonchev–Trinajstić information content (AvgIpc) is 3.12. The molecule has 0 spiro atoms. The first kappa shape index (κ1) is 34.5. The highest BCUT2D eigenvalue weighted by atomic mass is 16.6. The van der Waals surface area contributed by atoms with E-state index in [2.05, 4.69) is 13.8 Å². The lowest BCUT2D eigenvalue weighted by Crippen LogP contribution is -2.16. The minimum absolute atomic E-state index is 0.174. The zero-order chi connectivity index (χ0) is 33.6. The number of fused-ring (bicyclic) bond motifs is 1. The number of rotatable bonds is 15. The molecule has 0 aromatic heterocycles. The van der Waals surface area contributed by atoms with Crippen LogP contribution in [-0.2, 0) is 19.0 Å². The van der Waals surface area contributed by atoms with Crippen LogP contribution in [0, 0.1) is 17.2 Å². The summed E-state index contributed by atoms with van der Waals surface area (Å²) >= 11 is 0. The molecule has 4 rings (SSSR count).